The SMILES string of the molecule is O=C(CCSc1ccccc1Br)Nc1nc(N2CCCCC2)n[nH]1. The van der Waals surface area contributed by atoms with E-state index in [0.717, 1.165) is 22.5 Å². The number of thioether (sulfide) groups is 1. The van der Waals surface area contributed by atoms with Gasteiger partial charge in [0.1, 0.15) is 0 Å². The Kier molecular flexibility index (Phi) is 6.14. The van der Waals surface area contributed by atoms with Crippen LogP contribution in [0.3, 0.4) is 0 Å². The van der Waals surface area contributed by atoms with Crippen LogP contribution >= 0.6 is 27.7 Å². The number of nitrogens with zero attached hydrogens (tertiary/aromatic N) is 3. The van der Waals surface area contributed by atoms with Crippen molar-refractivity contribution in [3.8, 4) is 0 Å². The molecule has 0 spiro atoms. The van der Waals surface area contributed by atoms with Gasteiger partial charge in [-0.1, -0.05) is 12.1 Å². The number of anilines is 2. The normalized spacial score (nSPS) is 14.6. The van der Waals surface area contributed by atoms with Gasteiger partial charge in [0, 0.05) is 34.6 Å². The Labute approximate surface area is 153 Å². The topological polar surface area (TPSA) is 73.9 Å². The lowest BCUT2D eigenvalue weighted by molar-refractivity contribution is -0.115. The molecule has 1 aliphatic rings. The zero-order valence-electron chi connectivity index (χ0n) is 13.3. The third-order valence-electron chi connectivity index (χ3n) is 3.79. The largest absolute Gasteiger partial charge is 0.340 e. The van der Waals surface area contributed by atoms with E-state index < -0.39 is 0 Å². The van der Waals surface area contributed by atoms with E-state index in [1.165, 1.54) is 19.3 Å². The Morgan fingerprint density at radius 2 is 2.08 bits per heavy atom. The Morgan fingerprint density at radius 1 is 1.29 bits per heavy atom. The van der Waals surface area contributed by atoms with E-state index in [4.69, 9.17) is 0 Å². The van der Waals surface area contributed by atoms with E-state index in [-0.39, 0.29) is 5.91 Å². The summed E-state index contributed by atoms with van der Waals surface area (Å²) in [5, 5.41) is 9.78. The van der Waals surface area contributed by atoms with Gasteiger partial charge in [-0.25, -0.2) is 5.10 Å². The van der Waals surface area contributed by atoms with Crippen LogP contribution < -0.4 is 10.2 Å². The van der Waals surface area contributed by atoms with Gasteiger partial charge in [0.15, 0.2) is 0 Å². The van der Waals surface area contributed by atoms with Crippen LogP contribution in [-0.4, -0.2) is 39.9 Å². The maximum atomic E-state index is 12.0. The standard InChI is InChI=1S/C16H20BrN5OS/c17-12-6-2-3-7-13(12)24-11-8-14(23)18-15-19-16(21-20-15)22-9-4-1-5-10-22/h2-3,6-7H,1,4-5,8-11H2,(H2,18,19,20,21,23). The summed E-state index contributed by atoms with van der Waals surface area (Å²) in [5.74, 6) is 1.75. The van der Waals surface area contributed by atoms with Gasteiger partial charge in [-0.15, -0.1) is 16.9 Å². The zero-order chi connectivity index (χ0) is 16.8. The monoisotopic (exact) mass is 409 g/mol. The Balaban J connectivity index is 1.45. The molecular weight excluding hydrogens is 390 g/mol. The predicted molar refractivity (Wildman–Crippen MR) is 101 cm³/mol. The van der Waals surface area contributed by atoms with Crippen molar-refractivity contribution in [2.75, 3.05) is 29.1 Å². The van der Waals surface area contributed by atoms with Crippen molar-refractivity contribution in [3.05, 3.63) is 28.7 Å². The van der Waals surface area contributed by atoms with E-state index in [1.54, 1.807) is 11.8 Å². The molecule has 0 atom stereocenters. The highest BCUT2D eigenvalue weighted by atomic mass is 79.9. The minimum atomic E-state index is -0.0594. The Bertz CT molecular complexity index is 687. The molecule has 8 heteroatoms. The number of aromatic nitrogens is 3. The number of nitrogens with one attached hydrogen (secondary N) is 2. The third kappa shape index (κ3) is 4.73. The lowest BCUT2D eigenvalue weighted by atomic mass is 10.1. The number of carbonyl (C=O) groups excluding carboxylic acids is 1. The smallest absolute Gasteiger partial charge is 0.246 e. The molecule has 2 N–H and O–H groups in total. The number of H-pyrrole nitrogens is 1. The fourth-order valence-electron chi connectivity index (χ4n) is 2.55. The molecule has 0 bridgehead atoms. The highest BCUT2D eigenvalue weighted by Gasteiger charge is 2.16. The molecular formula is C16H20BrN5OS. The van der Waals surface area contributed by atoms with Crippen LogP contribution in [0.1, 0.15) is 25.7 Å². The molecule has 1 fully saturated rings. The predicted octanol–water partition coefficient (Wildman–Crippen LogP) is 3.68. The van der Waals surface area contributed by atoms with E-state index in [0.29, 0.717) is 24.1 Å². The first-order valence-electron chi connectivity index (χ1n) is 8.07. The van der Waals surface area contributed by atoms with Gasteiger partial charge >= 0.3 is 0 Å². The lowest BCUT2D eigenvalue weighted by Gasteiger charge is -2.24. The zero-order valence-corrected chi connectivity index (χ0v) is 15.7. The maximum Gasteiger partial charge on any atom is 0.246 e. The summed E-state index contributed by atoms with van der Waals surface area (Å²) in [6.45, 7) is 1.96. The molecule has 1 aromatic heterocycles. The van der Waals surface area contributed by atoms with Gasteiger partial charge in [-0.3, -0.25) is 10.1 Å². The van der Waals surface area contributed by atoms with Crippen LogP contribution in [0.2, 0.25) is 0 Å². The van der Waals surface area contributed by atoms with Crippen molar-refractivity contribution in [2.45, 2.75) is 30.6 Å². The van der Waals surface area contributed by atoms with E-state index in [9.17, 15) is 4.79 Å². The number of piperidine rings is 1. The van der Waals surface area contributed by atoms with Crippen molar-refractivity contribution in [1.29, 1.82) is 0 Å². The minimum absolute atomic E-state index is 0.0594. The first-order valence-corrected chi connectivity index (χ1v) is 9.85. The van der Waals surface area contributed by atoms with Gasteiger partial charge in [-0.2, -0.15) is 4.98 Å². The molecule has 128 valence electrons. The first-order chi connectivity index (χ1) is 11.7. The van der Waals surface area contributed by atoms with Crippen LogP contribution in [0.5, 0.6) is 0 Å². The number of rotatable bonds is 6. The summed E-state index contributed by atoms with van der Waals surface area (Å²) in [4.78, 5) is 19.7. The molecule has 1 aromatic carbocycles. The highest BCUT2D eigenvalue weighted by Crippen LogP contribution is 2.27. The fraction of sp³-hybridized carbons (Fsp3) is 0.438. The lowest BCUT2D eigenvalue weighted by Crippen LogP contribution is -2.30. The van der Waals surface area contributed by atoms with Crippen LogP contribution in [-0.2, 0) is 4.79 Å². The number of carbonyl (C=O) groups is 1. The molecule has 0 unspecified atom stereocenters. The van der Waals surface area contributed by atoms with Crippen molar-refractivity contribution in [3.63, 3.8) is 0 Å². The van der Waals surface area contributed by atoms with Crippen LogP contribution in [0.25, 0.3) is 0 Å². The van der Waals surface area contributed by atoms with Gasteiger partial charge in [0.25, 0.3) is 0 Å². The summed E-state index contributed by atoms with van der Waals surface area (Å²) in [6, 6.07) is 8.00. The summed E-state index contributed by atoms with van der Waals surface area (Å²) in [7, 11) is 0. The van der Waals surface area contributed by atoms with E-state index >= 15 is 0 Å². The van der Waals surface area contributed by atoms with Gasteiger partial charge in [0.2, 0.25) is 17.8 Å². The number of hydrogen-bond acceptors (Lipinski definition) is 5. The molecule has 3 rings (SSSR count). The second kappa shape index (κ2) is 8.53. The maximum absolute atomic E-state index is 12.0. The van der Waals surface area contributed by atoms with E-state index in [1.807, 2.05) is 24.3 Å². The first kappa shape index (κ1) is 17.3. The molecule has 24 heavy (non-hydrogen) atoms. The molecule has 0 aliphatic carbocycles. The molecule has 6 nitrogen and oxygen atoms in total. The summed E-state index contributed by atoms with van der Waals surface area (Å²) >= 11 is 5.16. The molecule has 2 heterocycles. The average molecular weight is 410 g/mol. The van der Waals surface area contributed by atoms with Crippen LogP contribution in [0.4, 0.5) is 11.9 Å². The number of amides is 1. The Morgan fingerprint density at radius 3 is 2.88 bits per heavy atom. The van der Waals surface area contributed by atoms with Crippen molar-refractivity contribution >= 4 is 45.5 Å². The molecule has 0 saturated carbocycles. The Hall–Kier alpha value is -1.54. The quantitative estimate of drug-likeness (QED) is 0.711. The number of hydrogen-bond donors (Lipinski definition) is 2. The third-order valence-corrected chi connectivity index (χ3v) is 5.82. The molecule has 1 aliphatic heterocycles. The second-order valence-corrected chi connectivity index (χ2v) is 7.60. The van der Waals surface area contributed by atoms with Crippen LogP contribution in [0, 0.1) is 0 Å². The van der Waals surface area contributed by atoms with Crippen molar-refractivity contribution in [1.82, 2.24) is 15.2 Å². The molecule has 2 aromatic rings. The second-order valence-electron chi connectivity index (χ2n) is 5.61. The molecule has 0 radical (unpaired) electrons. The van der Waals surface area contributed by atoms with Gasteiger partial charge in [-0.05, 0) is 47.3 Å². The highest BCUT2D eigenvalue weighted by molar-refractivity contribution is 9.10. The number of halogens is 1. The fourth-order valence-corrected chi connectivity index (χ4v) is 4.07. The van der Waals surface area contributed by atoms with Crippen molar-refractivity contribution in [2.24, 2.45) is 0 Å². The number of aromatic amines is 1. The van der Waals surface area contributed by atoms with E-state index in [2.05, 4.69) is 41.3 Å². The number of benzene rings is 1. The van der Waals surface area contributed by atoms with Gasteiger partial charge in [0.05, 0.1) is 0 Å². The van der Waals surface area contributed by atoms with Gasteiger partial charge < -0.3 is 4.90 Å². The van der Waals surface area contributed by atoms with Crippen molar-refractivity contribution < 1.29 is 4.79 Å². The molecule has 1 saturated heterocycles. The summed E-state index contributed by atoms with van der Waals surface area (Å²) in [6.07, 6.45) is 4.02. The average Bonchev–Trinajstić information content (AvgIpc) is 3.06. The molecule has 1 amide bonds. The summed E-state index contributed by atoms with van der Waals surface area (Å²) in [5.41, 5.74) is 0. The van der Waals surface area contributed by atoms with Crippen LogP contribution in [0.15, 0.2) is 33.6 Å². The minimum Gasteiger partial charge on any atom is -0.340 e. The summed E-state index contributed by atoms with van der Waals surface area (Å²) < 4.78 is 1.05.